The van der Waals surface area contributed by atoms with Crippen LogP contribution in [0.1, 0.15) is 37.8 Å². The molecule has 0 aromatic carbocycles. The predicted molar refractivity (Wildman–Crippen MR) is 102 cm³/mol. The minimum Gasteiger partial charge on any atom is -0.481 e. The number of hydrogen-bond donors (Lipinski definition) is 7. The summed E-state index contributed by atoms with van der Waals surface area (Å²) < 4.78 is 0. The average molecular weight is 412 g/mol. The van der Waals surface area contributed by atoms with Crippen LogP contribution < -0.4 is 22.1 Å². The lowest BCUT2D eigenvalue weighted by Crippen LogP contribution is -2.55. The Hall–Kier alpha value is -2.99. The summed E-state index contributed by atoms with van der Waals surface area (Å²) in [6.45, 7) is 0.410. The van der Waals surface area contributed by atoms with E-state index >= 15 is 0 Å². The van der Waals surface area contributed by atoms with Gasteiger partial charge in [-0.3, -0.25) is 14.4 Å². The highest BCUT2D eigenvalue weighted by molar-refractivity contribution is 5.92. The largest absolute Gasteiger partial charge is 0.481 e. The van der Waals surface area contributed by atoms with Gasteiger partial charge in [0.05, 0.1) is 12.4 Å². The molecule has 0 aliphatic rings. The molecule has 12 heteroatoms. The van der Waals surface area contributed by atoms with Crippen LogP contribution in [0.15, 0.2) is 12.5 Å². The summed E-state index contributed by atoms with van der Waals surface area (Å²) in [7, 11) is 0. The van der Waals surface area contributed by atoms with Gasteiger partial charge in [-0.15, -0.1) is 0 Å². The van der Waals surface area contributed by atoms with Gasteiger partial charge in [-0.05, 0) is 32.2 Å². The third-order valence-corrected chi connectivity index (χ3v) is 4.18. The van der Waals surface area contributed by atoms with Crippen molar-refractivity contribution in [2.45, 2.75) is 56.7 Å². The summed E-state index contributed by atoms with van der Waals surface area (Å²) in [5.74, 6) is -3.69. The molecule has 1 heterocycles. The zero-order valence-electron chi connectivity index (χ0n) is 16.0. The third kappa shape index (κ3) is 9.17. The smallest absolute Gasteiger partial charge is 0.326 e. The van der Waals surface area contributed by atoms with Crippen molar-refractivity contribution in [3.8, 4) is 0 Å². The SMILES string of the molecule is NCCCCC(NC(=O)C(Cc1cnc[nH]1)NC(=O)C(N)CCC(=O)O)C(=O)O. The minimum absolute atomic E-state index is 0.0262. The van der Waals surface area contributed by atoms with Crippen LogP contribution in [0, 0.1) is 0 Å². The highest BCUT2D eigenvalue weighted by Crippen LogP contribution is 2.05. The van der Waals surface area contributed by atoms with Gasteiger partial charge in [0.15, 0.2) is 0 Å². The number of carboxylic acid groups (broad SMARTS) is 2. The zero-order chi connectivity index (χ0) is 21.8. The number of amides is 2. The second-order valence-electron chi connectivity index (χ2n) is 6.56. The molecule has 0 saturated heterocycles. The van der Waals surface area contributed by atoms with Crippen molar-refractivity contribution < 1.29 is 29.4 Å². The second kappa shape index (κ2) is 12.5. The van der Waals surface area contributed by atoms with E-state index < -0.39 is 41.9 Å². The third-order valence-electron chi connectivity index (χ3n) is 4.18. The molecule has 3 unspecified atom stereocenters. The maximum absolute atomic E-state index is 12.7. The first-order valence-corrected chi connectivity index (χ1v) is 9.22. The molecular weight excluding hydrogens is 384 g/mol. The number of nitrogens with zero attached hydrogens (tertiary/aromatic N) is 1. The molecule has 9 N–H and O–H groups in total. The van der Waals surface area contributed by atoms with Gasteiger partial charge in [0.1, 0.15) is 12.1 Å². The topological polar surface area (TPSA) is 214 Å². The first kappa shape index (κ1) is 24.0. The molecule has 0 aliphatic carbocycles. The first-order chi connectivity index (χ1) is 13.7. The molecule has 1 aromatic heterocycles. The molecule has 0 bridgehead atoms. The summed E-state index contributed by atoms with van der Waals surface area (Å²) in [4.78, 5) is 53.6. The van der Waals surface area contributed by atoms with Crippen LogP contribution in [-0.4, -0.2) is 68.6 Å². The van der Waals surface area contributed by atoms with Crippen LogP contribution in [0.5, 0.6) is 0 Å². The molecular formula is C17H28N6O6. The van der Waals surface area contributed by atoms with Crippen LogP contribution in [0.4, 0.5) is 0 Å². The molecule has 2 amide bonds. The van der Waals surface area contributed by atoms with Crippen molar-refractivity contribution in [1.29, 1.82) is 0 Å². The number of H-pyrrole nitrogens is 1. The Morgan fingerprint density at radius 1 is 1.07 bits per heavy atom. The van der Waals surface area contributed by atoms with Gasteiger partial charge in [-0.25, -0.2) is 9.78 Å². The van der Waals surface area contributed by atoms with Gasteiger partial charge in [0.25, 0.3) is 0 Å². The molecule has 29 heavy (non-hydrogen) atoms. The van der Waals surface area contributed by atoms with Crippen molar-refractivity contribution in [3.05, 3.63) is 18.2 Å². The first-order valence-electron chi connectivity index (χ1n) is 9.22. The summed E-state index contributed by atoms with van der Waals surface area (Å²) in [6, 6.07) is -3.37. The summed E-state index contributed by atoms with van der Waals surface area (Å²) in [5, 5.41) is 22.9. The second-order valence-corrected chi connectivity index (χ2v) is 6.56. The molecule has 0 fully saturated rings. The zero-order valence-corrected chi connectivity index (χ0v) is 16.0. The van der Waals surface area contributed by atoms with Crippen molar-refractivity contribution >= 4 is 23.8 Å². The Balaban J connectivity index is 2.81. The Bertz CT molecular complexity index is 680. The van der Waals surface area contributed by atoms with E-state index in [2.05, 4.69) is 20.6 Å². The number of hydrogen-bond acceptors (Lipinski definition) is 7. The van der Waals surface area contributed by atoms with E-state index in [0.717, 1.165) is 0 Å². The molecule has 1 aromatic rings. The number of aromatic nitrogens is 2. The van der Waals surface area contributed by atoms with E-state index in [1.807, 2.05) is 0 Å². The lowest BCUT2D eigenvalue weighted by atomic mass is 10.1. The van der Waals surface area contributed by atoms with E-state index in [0.29, 0.717) is 25.1 Å². The Morgan fingerprint density at radius 3 is 2.31 bits per heavy atom. The van der Waals surface area contributed by atoms with Gasteiger partial charge < -0.3 is 37.3 Å². The van der Waals surface area contributed by atoms with Crippen molar-refractivity contribution in [3.63, 3.8) is 0 Å². The van der Waals surface area contributed by atoms with Crippen LogP contribution >= 0.6 is 0 Å². The number of aromatic amines is 1. The molecule has 162 valence electrons. The van der Waals surface area contributed by atoms with E-state index in [-0.39, 0.29) is 25.7 Å². The number of nitrogens with two attached hydrogens (primary N) is 2. The lowest BCUT2D eigenvalue weighted by Gasteiger charge is -2.22. The number of aliphatic carboxylic acids is 2. The Morgan fingerprint density at radius 2 is 1.76 bits per heavy atom. The maximum atomic E-state index is 12.7. The maximum Gasteiger partial charge on any atom is 0.326 e. The standard InChI is InChI=1S/C17H28N6O6/c18-6-2-1-3-12(17(28)29)22-16(27)13(7-10-8-20-9-21-10)23-15(26)11(19)4-5-14(24)25/h8-9,11-13H,1-7,18-19H2,(H,20,21)(H,22,27)(H,23,26)(H,24,25)(H,28,29). The van der Waals surface area contributed by atoms with Crippen molar-refractivity contribution in [2.24, 2.45) is 11.5 Å². The number of imidazole rings is 1. The van der Waals surface area contributed by atoms with Crippen LogP contribution in [0.25, 0.3) is 0 Å². The minimum atomic E-state index is -1.19. The molecule has 0 spiro atoms. The molecule has 12 nitrogen and oxygen atoms in total. The number of carbonyl (C=O) groups is 4. The number of rotatable bonds is 14. The quantitative estimate of drug-likeness (QED) is 0.174. The number of unbranched alkanes of at least 4 members (excludes halogenated alkanes) is 1. The van der Waals surface area contributed by atoms with Crippen LogP contribution in [0.3, 0.4) is 0 Å². The highest BCUT2D eigenvalue weighted by atomic mass is 16.4. The summed E-state index contributed by atoms with van der Waals surface area (Å²) in [5.41, 5.74) is 11.6. The fourth-order valence-corrected chi connectivity index (χ4v) is 2.54. The Labute approximate surface area is 167 Å². The van der Waals surface area contributed by atoms with E-state index in [1.54, 1.807) is 0 Å². The van der Waals surface area contributed by atoms with Gasteiger partial charge in [0, 0.05) is 24.7 Å². The van der Waals surface area contributed by atoms with E-state index in [9.17, 15) is 24.3 Å². The molecule has 3 atom stereocenters. The normalized spacial score (nSPS) is 13.9. The highest BCUT2D eigenvalue weighted by Gasteiger charge is 2.28. The molecule has 1 rings (SSSR count). The molecule has 0 saturated carbocycles. The average Bonchev–Trinajstić information content (AvgIpc) is 3.17. The number of carboxylic acids is 2. The molecule has 0 radical (unpaired) electrons. The summed E-state index contributed by atoms with van der Waals surface area (Å²) >= 11 is 0. The fraction of sp³-hybridized carbons (Fsp3) is 0.588. The van der Waals surface area contributed by atoms with E-state index in [1.165, 1.54) is 12.5 Å². The van der Waals surface area contributed by atoms with Crippen molar-refractivity contribution in [1.82, 2.24) is 20.6 Å². The van der Waals surface area contributed by atoms with Crippen molar-refractivity contribution in [2.75, 3.05) is 6.54 Å². The van der Waals surface area contributed by atoms with Gasteiger partial charge in [-0.1, -0.05) is 0 Å². The summed E-state index contributed by atoms with van der Waals surface area (Å²) in [6.07, 6.45) is 3.83. The lowest BCUT2D eigenvalue weighted by molar-refractivity contribution is -0.142. The van der Waals surface area contributed by atoms with Gasteiger partial charge >= 0.3 is 11.9 Å². The van der Waals surface area contributed by atoms with Crippen LogP contribution in [-0.2, 0) is 25.6 Å². The number of carbonyl (C=O) groups excluding carboxylic acids is 2. The fourth-order valence-electron chi connectivity index (χ4n) is 2.54. The Kier molecular flexibility index (Phi) is 10.3. The van der Waals surface area contributed by atoms with Gasteiger partial charge in [-0.2, -0.15) is 0 Å². The van der Waals surface area contributed by atoms with Crippen LogP contribution in [0.2, 0.25) is 0 Å². The molecule has 0 aliphatic heterocycles. The number of nitrogens with one attached hydrogen (secondary N) is 3. The van der Waals surface area contributed by atoms with E-state index in [4.69, 9.17) is 16.6 Å². The monoisotopic (exact) mass is 412 g/mol. The van der Waals surface area contributed by atoms with Gasteiger partial charge in [0.2, 0.25) is 11.8 Å². The predicted octanol–water partition coefficient (Wildman–Crippen LogP) is -1.67.